The highest BCUT2D eigenvalue weighted by atomic mass is 16.2. The van der Waals surface area contributed by atoms with Crippen molar-refractivity contribution >= 4 is 23.8 Å². The molecule has 154 valence electrons. The number of carbonyl (C=O) groups is 4. The van der Waals surface area contributed by atoms with E-state index in [0.29, 0.717) is 0 Å². The molecule has 28 heavy (non-hydrogen) atoms. The van der Waals surface area contributed by atoms with Crippen molar-refractivity contribution in [2.45, 2.75) is 65.3 Å². The Kier molecular flexibility index (Phi) is 4.74. The van der Waals surface area contributed by atoms with Crippen LogP contribution in [-0.2, 0) is 14.4 Å². The van der Waals surface area contributed by atoms with Gasteiger partial charge in [-0.15, -0.1) is 0 Å². The fourth-order valence-corrected chi connectivity index (χ4v) is 6.51. The van der Waals surface area contributed by atoms with Crippen LogP contribution in [0.1, 0.15) is 59.3 Å². The quantitative estimate of drug-likeness (QED) is 0.557. The van der Waals surface area contributed by atoms with E-state index in [2.05, 4.69) is 12.2 Å². The Morgan fingerprint density at radius 2 is 1.46 bits per heavy atom. The fraction of sp³-hybridized carbons (Fsp3) is 0.810. The first-order valence-corrected chi connectivity index (χ1v) is 10.6. The highest BCUT2D eigenvalue weighted by Crippen LogP contribution is 2.61. The van der Waals surface area contributed by atoms with Gasteiger partial charge in [-0.2, -0.15) is 0 Å². The number of nitrogens with zero attached hydrogens (tertiary/aromatic N) is 2. The highest BCUT2D eigenvalue weighted by Gasteiger charge is 2.53. The second-order valence-corrected chi connectivity index (χ2v) is 10.1. The van der Waals surface area contributed by atoms with Crippen molar-refractivity contribution in [3.05, 3.63) is 0 Å². The van der Waals surface area contributed by atoms with Gasteiger partial charge in [0.1, 0.15) is 6.54 Å². The minimum absolute atomic E-state index is 0.0173. The van der Waals surface area contributed by atoms with Crippen LogP contribution in [0.25, 0.3) is 0 Å². The molecule has 5 fully saturated rings. The summed E-state index contributed by atoms with van der Waals surface area (Å²) in [6, 6.07) is -0.662. The van der Waals surface area contributed by atoms with Crippen LogP contribution in [0.3, 0.4) is 0 Å². The molecule has 5 rings (SSSR count). The zero-order valence-corrected chi connectivity index (χ0v) is 17.1. The van der Waals surface area contributed by atoms with E-state index in [1.54, 1.807) is 0 Å². The van der Waals surface area contributed by atoms with Gasteiger partial charge in [-0.3, -0.25) is 19.3 Å². The minimum atomic E-state index is -0.900. The second kappa shape index (κ2) is 6.85. The molecule has 4 saturated carbocycles. The smallest absolute Gasteiger partial charge is 0.334 e. The summed E-state index contributed by atoms with van der Waals surface area (Å²) < 4.78 is 0. The summed E-state index contributed by atoms with van der Waals surface area (Å²) in [6.07, 6.45) is 7.52. The molecule has 7 heteroatoms. The van der Waals surface area contributed by atoms with Crippen molar-refractivity contribution in [3.63, 3.8) is 0 Å². The average molecular weight is 389 g/mol. The van der Waals surface area contributed by atoms with Crippen LogP contribution >= 0.6 is 0 Å². The molecule has 1 N–H and O–H groups in total. The standard InChI is InChI=1S/C21H31N3O4/c1-12(2)10-23-18(26)19(27)24(20(23)28)11-17(25)22-13(3)21-7-14-4-15(8-21)6-16(5-14)9-21/h12-16H,4-11H2,1-3H3,(H,22,25)/t13-,14?,15?,16?,21?/m0/s1. The van der Waals surface area contributed by atoms with Gasteiger partial charge >= 0.3 is 17.8 Å². The van der Waals surface area contributed by atoms with Crippen molar-refractivity contribution in [1.29, 1.82) is 0 Å². The van der Waals surface area contributed by atoms with E-state index in [1.165, 1.54) is 38.5 Å². The van der Waals surface area contributed by atoms with Crippen LogP contribution in [0.4, 0.5) is 4.79 Å². The topological polar surface area (TPSA) is 86.8 Å². The van der Waals surface area contributed by atoms with Crippen LogP contribution in [0.15, 0.2) is 0 Å². The zero-order chi connectivity index (χ0) is 20.2. The Hall–Kier alpha value is -1.92. The van der Waals surface area contributed by atoms with Gasteiger partial charge in [0.05, 0.1) is 0 Å². The zero-order valence-electron chi connectivity index (χ0n) is 17.1. The van der Waals surface area contributed by atoms with Gasteiger partial charge in [-0.05, 0) is 74.5 Å². The first-order valence-electron chi connectivity index (χ1n) is 10.6. The first-order chi connectivity index (χ1) is 13.2. The number of nitrogens with one attached hydrogen (secondary N) is 1. The molecule has 0 aromatic rings. The molecule has 1 aliphatic heterocycles. The van der Waals surface area contributed by atoms with E-state index in [9.17, 15) is 19.2 Å². The molecule has 1 heterocycles. The number of imide groups is 2. The molecule has 4 aliphatic carbocycles. The maximum Gasteiger partial charge on any atom is 0.334 e. The maximum atomic E-state index is 12.6. The Morgan fingerprint density at radius 3 is 1.96 bits per heavy atom. The summed E-state index contributed by atoms with van der Waals surface area (Å²) in [7, 11) is 0. The summed E-state index contributed by atoms with van der Waals surface area (Å²) >= 11 is 0. The van der Waals surface area contributed by atoms with Crippen LogP contribution in [0, 0.1) is 29.1 Å². The van der Waals surface area contributed by atoms with Gasteiger partial charge in [0, 0.05) is 12.6 Å². The average Bonchev–Trinajstić information content (AvgIpc) is 2.78. The van der Waals surface area contributed by atoms with Crippen molar-refractivity contribution in [2.75, 3.05) is 13.1 Å². The maximum absolute atomic E-state index is 12.6. The molecule has 0 radical (unpaired) electrons. The van der Waals surface area contributed by atoms with E-state index in [0.717, 1.165) is 27.6 Å². The summed E-state index contributed by atoms with van der Waals surface area (Å²) in [5, 5.41) is 3.06. The van der Waals surface area contributed by atoms with Gasteiger partial charge in [-0.1, -0.05) is 13.8 Å². The lowest BCUT2D eigenvalue weighted by molar-refractivity contribution is -0.144. The number of urea groups is 1. The van der Waals surface area contributed by atoms with Crippen LogP contribution in [0.5, 0.6) is 0 Å². The van der Waals surface area contributed by atoms with E-state index >= 15 is 0 Å². The Labute approximate surface area is 166 Å². The van der Waals surface area contributed by atoms with Gasteiger partial charge in [-0.25, -0.2) is 9.69 Å². The molecule has 0 aromatic carbocycles. The molecule has 5 amide bonds. The molecule has 0 unspecified atom stereocenters. The SMILES string of the molecule is CC(C)CN1C(=O)C(=O)N(CC(=O)N[C@@H](C)C23CC4CC(CC(C4)C2)C3)C1=O. The third kappa shape index (κ3) is 3.22. The lowest BCUT2D eigenvalue weighted by Crippen LogP contribution is -2.57. The number of amides is 5. The predicted octanol–water partition coefficient (Wildman–Crippen LogP) is 2.15. The van der Waals surface area contributed by atoms with E-state index < -0.39 is 17.8 Å². The lowest BCUT2D eigenvalue weighted by atomic mass is 9.48. The number of carbonyl (C=O) groups excluding carboxylic acids is 4. The molecule has 0 spiro atoms. The third-order valence-corrected chi connectivity index (χ3v) is 7.37. The third-order valence-electron chi connectivity index (χ3n) is 7.37. The number of hydrogen-bond acceptors (Lipinski definition) is 4. The van der Waals surface area contributed by atoms with E-state index in [1.807, 2.05) is 13.8 Å². The molecule has 4 bridgehead atoms. The van der Waals surface area contributed by atoms with Crippen LogP contribution in [0.2, 0.25) is 0 Å². The fourth-order valence-electron chi connectivity index (χ4n) is 6.51. The Morgan fingerprint density at radius 1 is 0.964 bits per heavy atom. The molecule has 1 atom stereocenters. The summed E-state index contributed by atoms with van der Waals surface area (Å²) in [6.45, 7) is 5.61. The van der Waals surface area contributed by atoms with Crippen molar-refractivity contribution in [3.8, 4) is 0 Å². The molecule has 1 saturated heterocycles. The van der Waals surface area contributed by atoms with E-state index in [4.69, 9.17) is 0 Å². The summed E-state index contributed by atoms with van der Waals surface area (Å²) in [5.41, 5.74) is 0.156. The largest absolute Gasteiger partial charge is 0.352 e. The van der Waals surface area contributed by atoms with Crippen molar-refractivity contribution < 1.29 is 19.2 Å². The van der Waals surface area contributed by atoms with Gasteiger partial charge in [0.25, 0.3) is 0 Å². The molecule has 0 aromatic heterocycles. The molecule has 7 nitrogen and oxygen atoms in total. The van der Waals surface area contributed by atoms with Crippen LogP contribution in [-0.4, -0.2) is 52.7 Å². The molecular weight excluding hydrogens is 358 g/mol. The lowest BCUT2D eigenvalue weighted by Gasteiger charge is -2.59. The molecular formula is C21H31N3O4. The van der Waals surface area contributed by atoms with Gasteiger partial charge < -0.3 is 5.32 Å². The predicted molar refractivity (Wildman–Crippen MR) is 102 cm³/mol. The normalized spacial score (nSPS) is 35.3. The monoisotopic (exact) mass is 389 g/mol. The van der Waals surface area contributed by atoms with Gasteiger partial charge in [0.2, 0.25) is 5.91 Å². The first kappa shape index (κ1) is 19.4. The second-order valence-electron chi connectivity index (χ2n) is 10.1. The minimum Gasteiger partial charge on any atom is -0.352 e. The van der Waals surface area contributed by atoms with E-state index in [-0.39, 0.29) is 36.4 Å². The summed E-state index contributed by atoms with van der Waals surface area (Å²) in [5.74, 6) is 0.331. The van der Waals surface area contributed by atoms with Crippen molar-refractivity contribution in [1.82, 2.24) is 15.1 Å². The number of rotatable bonds is 6. The highest BCUT2D eigenvalue weighted by molar-refractivity contribution is 6.45. The number of hydrogen-bond donors (Lipinski definition) is 1. The van der Waals surface area contributed by atoms with Crippen molar-refractivity contribution in [2.24, 2.45) is 29.1 Å². The molecule has 5 aliphatic rings. The Balaban J connectivity index is 1.39. The van der Waals surface area contributed by atoms with Crippen LogP contribution < -0.4 is 5.32 Å². The van der Waals surface area contributed by atoms with Gasteiger partial charge in [0.15, 0.2) is 0 Å². The summed E-state index contributed by atoms with van der Waals surface area (Å²) in [4.78, 5) is 51.1. The Bertz CT molecular complexity index is 681.